The summed E-state index contributed by atoms with van der Waals surface area (Å²) in [6.07, 6.45) is 1.56. The molecule has 6 amide bonds. The maximum atomic E-state index is 12.8. The van der Waals surface area contributed by atoms with Crippen molar-refractivity contribution in [3.8, 4) is 0 Å². The van der Waals surface area contributed by atoms with Gasteiger partial charge in [0.15, 0.2) is 17.1 Å². The minimum absolute atomic E-state index is 0. The Balaban J connectivity index is 0.000000169. The molecule has 0 bridgehead atoms. The van der Waals surface area contributed by atoms with Gasteiger partial charge in [-0.25, -0.2) is 0 Å². The topological polar surface area (TPSA) is 260 Å². The number of carbonyl (C=O) groups excluding carboxylic acids is 6. The van der Waals surface area contributed by atoms with Crippen LogP contribution in [0.4, 0.5) is 17.1 Å². The highest BCUT2D eigenvalue weighted by atomic mass is 32.2. The van der Waals surface area contributed by atoms with E-state index in [4.69, 9.17) is 14.9 Å². The number of aromatic nitrogens is 3. The smallest absolute Gasteiger partial charge is 0.274 e. The number of hydrogen-bond acceptors (Lipinski definition) is 15. The lowest BCUT2D eigenvalue weighted by Crippen LogP contribution is -2.49. The first kappa shape index (κ1) is 63.9. The zero-order valence-corrected chi connectivity index (χ0v) is 50.9. The number of likely N-dealkylation sites (N-methyl/N-ethyl adjacent to an activating group) is 3. The molecule has 0 radical (unpaired) electrons. The number of amides is 6. The second-order valence-corrected chi connectivity index (χ2v) is 24.0. The van der Waals surface area contributed by atoms with Crippen LogP contribution in [0.2, 0.25) is 0 Å². The average molecular weight is 1260 g/mol. The van der Waals surface area contributed by atoms with Crippen LogP contribution in [-0.4, -0.2) is 116 Å². The van der Waals surface area contributed by atoms with Crippen molar-refractivity contribution in [2.75, 3.05) is 53.1 Å². The van der Waals surface area contributed by atoms with Crippen LogP contribution < -0.4 is 30.7 Å². The molecule has 3 aliphatic rings. The molecule has 460 valence electrons. The molecule has 6 aromatic carbocycles. The maximum Gasteiger partial charge on any atom is 0.274 e. The predicted octanol–water partition coefficient (Wildman–Crippen LogP) is 9.09. The van der Waals surface area contributed by atoms with Crippen LogP contribution >= 0.6 is 11.8 Å². The number of nitrogens with zero attached hydrogens (tertiary/aromatic N) is 6. The number of benzene rings is 6. The van der Waals surface area contributed by atoms with E-state index in [0.29, 0.717) is 70.4 Å². The largest absolute Gasteiger partial charge is 0.360 e. The SMILES string of the molecule is C.CN1C(=O)[C@@H](NC(=O)c2cc(Cc3ccccc3)on2)CSc2ccccc21.CN1C(=O)[C@@H](NC(=O)c2cc(Cc3ccccc3)on2)C[S@@](=O)c2ccccc21.CN1C(=O)[C@@H](NC(=O)c2cc(Cc3ccccc3)on2)C[S@](=O)c2ccccc21.[2H]CC. The van der Waals surface area contributed by atoms with Gasteiger partial charge in [0.2, 0.25) is 17.7 Å². The molecule has 9 aromatic rings. The van der Waals surface area contributed by atoms with E-state index in [1.165, 1.54) is 9.80 Å². The standard InChI is InChI=1S/2C21H19N3O4S.C21H19N3O3S.C2H6.CH4/c2*1-24-18-9-5-6-10-19(18)29(27)13-17(21(24)26)22-20(25)16-12-15(28-23-16)11-14-7-3-2-4-8-14;1-24-18-9-5-6-10-19(18)28-13-17(21(24)26)22-20(25)16-12-15(27-23-16)11-14-7-3-2-4-8-14;1-2;/h2*2-10,12,17H,11,13H2,1H3,(H,22,25);2-10,12,17H,11,13H2,1H3,(H,22,25);1-2H3;1H4/t17-,29+;17-,29-;17-;;/m000../s1/i;;;1D;. The molecule has 3 aliphatic heterocycles. The van der Waals surface area contributed by atoms with Crippen LogP contribution in [0, 0.1) is 0 Å². The number of thioether (sulfide) groups is 1. The molecule has 89 heavy (non-hydrogen) atoms. The van der Waals surface area contributed by atoms with E-state index in [0.717, 1.165) is 27.3 Å². The Morgan fingerprint density at radius 2 is 0.798 bits per heavy atom. The number of nitrogens with one attached hydrogen (secondary N) is 3. The monoisotopic (exact) mass is 1260 g/mol. The Morgan fingerprint density at radius 3 is 1.18 bits per heavy atom. The second kappa shape index (κ2) is 30.9. The Kier molecular flexibility index (Phi) is 22.2. The van der Waals surface area contributed by atoms with Gasteiger partial charge in [-0.3, -0.25) is 37.2 Å². The fourth-order valence-corrected chi connectivity index (χ4v) is 13.4. The van der Waals surface area contributed by atoms with Crippen molar-refractivity contribution in [2.45, 2.75) is 73.3 Å². The van der Waals surface area contributed by atoms with Gasteiger partial charge in [0, 0.05) is 70.6 Å². The van der Waals surface area contributed by atoms with Gasteiger partial charge in [0.25, 0.3) is 17.7 Å². The average Bonchev–Trinajstić information content (AvgIpc) is 2.31. The van der Waals surface area contributed by atoms with Crippen molar-refractivity contribution in [3.05, 3.63) is 233 Å². The normalized spacial score (nSPS) is 17.6. The summed E-state index contributed by atoms with van der Waals surface area (Å²) < 4.78 is 47.4. The molecular formula is C66H67N9O11S3. The van der Waals surface area contributed by atoms with Gasteiger partial charge in [-0.05, 0) is 53.1 Å². The van der Waals surface area contributed by atoms with Gasteiger partial charge < -0.3 is 44.2 Å². The van der Waals surface area contributed by atoms with E-state index < -0.39 is 57.4 Å². The van der Waals surface area contributed by atoms with Crippen molar-refractivity contribution in [1.82, 2.24) is 31.4 Å². The van der Waals surface area contributed by atoms with Crippen molar-refractivity contribution < 1.29 is 52.1 Å². The molecule has 0 fully saturated rings. The van der Waals surface area contributed by atoms with E-state index in [9.17, 15) is 37.2 Å². The third kappa shape index (κ3) is 16.3. The Labute approximate surface area is 526 Å². The first-order valence-corrected chi connectivity index (χ1v) is 31.4. The molecule has 0 unspecified atom stereocenters. The first-order chi connectivity index (χ1) is 43.1. The zero-order chi connectivity index (χ0) is 63.0. The number of anilines is 3. The molecule has 6 heterocycles. The van der Waals surface area contributed by atoms with E-state index in [-0.39, 0.29) is 53.7 Å². The van der Waals surface area contributed by atoms with Crippen LogP contribution in [0.3, 0.4) is 0 Å². The summed E-state index contributed by atoms with van der Waals surface area (Å²) in [7, 11) is 2.10. The quantitative estimate of drug-likeness (QED) is 0.103. The van der Waals surface area contributed by atoms with Crippen molar-refractivity contribution in [1.29, 1.82) is 0 Å². The van der Waals surface area contributed by atoms with Gasteiger partial charge in [-0.2, -0.15) is 0 Å². The summed E-state index contributed by atoms with van der Waals surface area (Å²) in [6, 6.07) is 53.2. The first-order valence-electron chi connectivity index (χ1n) is 28.5. The molecule has 3 aromatic heterocycles. The summed E-state index contributed by atoms with van der Waals surface area (Å²) in [4.78, 5) is 82.8. The number of carbonyl (C=O) groups is 6. The number of para-hydroxylation sites is 3. The molecular weight excluding hydrogens is 1190 g/mol. The third-order valence-corrected chi connectivity index (χ3v) is 18.2. The molecule has 12 rings (SSSR count). The van der Waals surface area contributed by atoms with Crippen LogP contribution in [0.5, 0.6) is 0 Å². The van der Waals surface area contributed by atoms with Crippen LogP contribution in [0.25, 0.3) is 0 Å². The minimum atomic E-state index is -1.42. The zero-order valence-electron chi connectivity index (χ0n) is 49.4. The molecule has 5 atom stereocenters. The van der Waals surface area contributed by atoms with Gasteiger partial charge in [0.1, 0.15) is 35.4 Å². The summed E-state index contributed by atoms with van der Waals surface area (Å²) >= 11 is 1.55. The third-order valence-electron chi connectivity index (χ3n) is 14.1. The van der Waals surface area contributed by atoms with Crippen LogP contribution in [0.1, 0.15) is 88.1 Å². The molecule has 3 N–H and O–H groups in total. The van der Waals surface area contributed by atoms with E-state index >= 15 is 0 Å². The highest BCUT2D eigenvalue weighted by Crippen LogP contribution is 2.34. The Hall–Kier alpha value is -9.58. The molecule has 23 heteroatoms. The van der Waals surface area contributed by atoms with Gasteiger partial charge in [-0.15, -0.1) is 11.8 Å². The molecule has 0 saturated carbocycles. The second-order valence-electron chi connectivity index (χ2n) is 20.0. The summed E-state index contributed by atoms with van der Waals surface area (Å²) in [5.41, 5.74) is 5.49. The Bertz CT molecular complexity index is 3830. The maximum absolute atomic E-state index is 12.8. The highest BCUT2D eigenvalue weighted by Gasteiger charge is 2.36. The number of rotatable bonds is 12. The van der Waals surface area contributed by atoms with Gasteiger partial charge >= 0.3 is 0 Å². The number of hydrogen-bond donors (Lipinski definition) is 3. The fraction of sp³-hybridized carbons (Fsp3) is 0.227. The van der Waals surface area contributed by atoms with Crippen LogP contribution in [0.15, 0.2) is 210 Å². The molecule has 0 spiro atoms. The van der Waals surface area contributed by atoms with E-state index in [1.54, 1.807) is 111 Å². The molecule has 0 aliphatic carbocycles. The van der Waals surface area contributed by atoms with Crippen molar-refractivity contribution >= 4 is 85.9 Å². The van der Waals surface area contributed by atoms with Gasteiger partial charge in [0.05, 0.1) is 60.0 Å². The summed E-state index contributed by atoms with van der Waals surface area (Å²) in [5.74, 6) is -0.159. The summed E-state index contributed by atoms with van der Waals surface area (Å²) in [6.45, 7) is 2.29. The lowest BCUT2D eigenvalue weighted by atomic mass is 10.1. The lowest BCUT2D eigenvalue weighted by molar-refractivity contribution is -0.120. The van der Waals surface area contributed by atoms with Crippen molar-refractivity contribution in [2.24, 2.45) is 0 Å². The molecule has 0 saturated heterocycles. The van der Waals surface area contributed by atoms with Crippen LogP contribution in [-0.2, 0) is 55.2 Å². The minimum Gasteiger partial charge on any atom is -0.360 e. The lowest BCUT2D eigenvalue weighted by Gasteiger charge is -2.21. The number of fused-ring (bicyclic) bond motifs is 3. The van der Waals surface area contributed by atoms with Gasteiger partial charge in [-0.1, -0.05) is 164 Å². The van der Waals surface area contributed by atoms with E-state index in [1.807, 2.05) is 115 Å². The Morgan fingerprint density at radius 1 is 0.494 bits per heavy atom. The highest BCUT2D eigenvalue weighted by molar-refractivity contribution is 7.99. The predicted molar refractivity (Wildman–Crippen MR) is 342 cm³/mol. The van der Waals surface area contributed by atoms with Crippen molar-refractivity contribution in [3.63, 3.8) is 0 Å². The molecule has 20 nitrogen and oxygen atoms in total. The summed E-state index contributed by atoms with van der Waals surface area (Å²) in [5, 5.41) is 19.6. The van der Waals surface area contributed by atoms with E-state index in [2.05, 4.69) is 31.4 Å². The fourth-order valence-electron chi connectivity index (χ4n) is 9.54.